The van der Waals surface area contributed by atoms with Crippen molar-refractivity contribution in [1.29, 1.82) is 0 Å². The summed E-state index contributed by atoms with van der Waals surface area (Å²) < 4.78 is 79.5. The van der Waals surface area contributed by atoms with Crippen LogP contribution in [0.5, 0.6) is 5.75 Å². The second-order valence-electron chi connectivity index (χ2n) is 6.75. The molecule has 0 saturated heterocycles. The van der Waals surface area contributed by atoms with E-state index in [4.69, 9.17) is 4.84 Å². The number of ether oxygens (including phenoxy) is 1. The highest BCUT2D eigenvalue weighted by Gasteiger charge is 2.31. The van der Waals surface area contributed by atoms with E-state index < -0.39 is 18.1 Å². The molecule has 0 aliphatic heterocycles. The maximum absolute atomic E-state index is 12.8. The predicted octanol–water partition coefficient (Wildman–Crippen LogP) is 6.40. The Morgan fingerprint density at radius 2 is 1.69 bits per heavy atom. The quantitative estimate of drug-likeness (QED) is 0.129. The number of nitrogens with one attached hydrogen (secondary N) is 1. The fraction of sp³-hybridized carbons (Fsp3) is 0.227. The van der Waals surface area contributed by atoms with Crippen molar-refractivity contribution in [2.45, 2.75) is 24.4 Å². The number of pyridine rings is 2. The molecule has 0 aliphatic rings. The van der Waals surface area contributed by atoms with Crippen LogP contribution in [-0.4, -0.2) is 35.0 Å². The standard InChI is InChI=1S/C22H18F6N4O2S/c1-3-35-17-10-14(13-4-7-16(8-5-13)34-22(26,27)28)11-30-19(17)20(32-33-2)31-18-9-6-15(12-29-18)21(23,24)25/h4-12H,3H2,1-2H3,(H,29,31,32). The van der Waals surface area contributed by atoms with Crippen LogP contribution in [-0.2, 0) is 11.0 Å². The maximum atomic E-state index is 12.8. The van der Waals surface area contributed by atoms with E-state index in [0.29, 0.717) is 33.7 Å². The molecule has 35 heavy (non-hydrogen) atoms. The Bertz CT molecular complexity index is 1170. The topological polar surface area (TPSA) is 68.6 Å². The third-order valence-electron chi connectivity index (χ3n) is 4.30. The molecule has 2 heterocycles. The Kier molecular flexibility index (Phi) is 8.22. The van der Waals surface area contributed by atoms with Crippen molar-refractivity contribution in [1.82, 2.24) is 15.4 Å². The molecular formula is C22H18F6N4O2S. The fourth-order valence-electron chi connectivity index (χ4n) is 2.85. The van der Waals surface area contributed by atoms with Crippen molar-refractivity contribution in [3.63, 3.8) is 0 Å². The smallest absolute Gasteiger partial charge is 0.406 e. The number of hydrogen-bond acceptors (Lipinski definition) is 6. The summed E-state index contributed by atoms with van der Waals surface area (Å²) in [4.78, 5) is 18.0. The monoisotopic (exact) mass is 516 g/mol. The van der Waals surface area contributed by atoms with Gasteiger partial charge >= 0.3 is 12.5 Å². The number of aromatic nitrogens is 2. The summed E-state index contributed by atoms with van der Waals surface area (Å²) in [5.41, 5.74) is 3.22. The lowest BCUT2D eigenvalue weighted by molar-refractivity contribution is -0.274. The minimum absolute atomic E-state index is 0.00358. The van der Waals surface area contributed by atoms with Crippen molar-refractivity contribution < 1.29 is 35.9 Å². The van der Waals surface area contributed by atoms with E-state index in [-0.39, 0.29) is 17.4 Å². The van der Waals surface area contributed by atoms with Gasteiger partial charge in [-0.1, -0.05) is 19.1 Å². The molecule has 2 aromatic heterocycles. The first kappa shape index (κ1) is 26.3. The van der Waals surface area contributed by atoms with Crippen molar-refractivity contribution in [2.75, 3.05) is 12.9 Å². The second-order valence-corrected chi connectivity index (χ2v) is 8.05. The summed E-state index contributed by atoms with van der Waals surface area (Å²) in [7, 11) is 1.33. The first-order valence-corrected chi connectivity index (χ1v) is 10.9. The molecule has 1 aromatic carbocycles. The molecule has 0 spiro atoms. The number of rotatable bonds is 7. The van der Waals surface area contributed by atoms with Crippen LogP contribution in [0.2, 0.25) is 0 Å². The number of amidine groups is 1. The minimum atomic E-state index is -4.79. The Morgan fingerprint density at radius 1 is 0.971 bits per heavy atom. The highest BCUT2D eigenvalue weighted by Crippen LogP contribution is 2.31. The summed E-state index contributed by atoms with van der Waals surface area (Å²) in [6.45, 7) is 1.91. The zero-order valence-corrected chi connectivity index (χ0v) is 19.1. The van der Waals surface area contributed by atoms with Gasteiger partial charge in [-0.15, -0.1) is 24.9 Å². The predicted molar refractivity (Wildman–Crippen MR) is 118 cm³/mol. The zero-order chi connectivity index (χ0) is 25.6. The van der Waals surface area contributed by atoms with Crippen LogP contribution in [0.4, 0.5) is 32.2 Å². The third kappa shape index (κ3) is 7.33. The van der Waals surface area contributed by atoms with Crippen molar-refractivity contribution in [3.05, 3.63) is 66.1 Å². The molecule has 0 saturated carbocycles. The van der Waals surface area contributed by atoms with Crippen molar-refractivity contribution in [2.24, 2.45) is 4.99 Å². The normalized spacial score (nSPS) is 12.5. The minimum Gasteiger partial charge on any atom is -0.406 e. The van der Waals surface area contributed by atoms with E-state index in [0.717, 1.165) is 12.1 Å². The molecule has 3 rings (SSSR count). The number of aliphatic imine (C=N–C) groups is 1. The summed E-state index contributed by atoms with van der Waals surface area (Å²) in [6, 6.07) is 9.06. The molecule has 0 amide bonds. The molecule has 0 unspecified atom stereocenters. The van der Waals surface area contributed by atoms with E-state index in [1.165, 1.54) is 49.3 Å². The lowest BCUT2D eigenvalue weighted by atomic mass is 10.1. The van der Waals surface area contributed by atoms with E-state index in [1.54, 1.807) is 6.07 Å². The largest absolute Gasteiger partial charge is 0.573 e. The molecule has 186 valence electrons. The van der Waals surface area contributed by atoms with Gasteiger partial charge in [0.05, 0.1) is 12.7 Å². The molecule has 3 aromatic rings. The number of alkyl halides is 6. The first-order valence-electron chi connectivity index (χ1n) is 9.90. The fourth-order valence-corrected chi connectivity index (χ4v) is 3.66. The highest BCUT2D eigenvalue weighted by molar-refractivity contribution is 7.99. The second kappa shape index (κ2) is 11.0. The number of hydrogen-bond donors (Lipinski definition) is 1. The molecule has 0 aliphatic carbocycles. The average molecular weight is 516 g/mol. The Morgan fingerprint density at radius 3 is 2.23 bits per heavy atom. The lowest BCUT2D eigenvalue weighted by Crippen LogP contribution is -2.25. The molecule has 0 atom stereocenters. The van der Waals surface area contributed by atoms with Crippen LogP contribution in [0.15, 0.2) is 64.7 Å². The Labute approximate surface area is 200 Å². The van der Waals surface area contributed by atoms with Crippen molar-refractivity contribution in [3.8, 4) is 16.9 Å². The Balaban J connectivity index is 1.95. The maximum Gasteiger partial charge on any atom is 0.573 e. The van der Waals surface area contributed by atoms with Gasteiger partial charge in [0.15, 0.2) is 11.7 Å². The molecule has 0 radical (unpaired) electrons. The van der Waals surface area contributed by atoms with Crippen LogP contribution in [0.3, 0.4) is 0 Å². The summed E-state index contributed by atoms with van der Waals surface area (Å²) in [5, 5.41) is 0. The zero-order valence-electron chi connectivity index (χ0n) is 18.2. The van der Waals surface area contributed by atoms with Gasteiger partial charge in [0.1, 0.15) is 11.4 Å². The number of hydroxylamine groups is 1. The highest BCUT2D eigenvalue weighted by atomic mass is 32.2. The number of halogens is 6. The summed E-state index contributed by atoms with van der Waals surface area (Å²) in [6.07, 6.45) is -7.15. The van der Waals surface area contributed by atoms with E-state index in [9.17, 15) is 26.3 Å². The van der Waals surface area contributed by atoms with Crippen LogP contribution in [0.1, 0.15) is 18.2 Å². The number of nitrogens with zero attached hydrogens (tertiary/aromatic N) is 3. The molecule has 13 heteroatoms. The average Bonchev–Trinajstić information content (AvgIpc) is 2.78. The van der Waals surface area contributed by atoms with Gasteiger partial charge in [0.2, 0.25) is 0 Å². The number of thioether (sulfide) groups is 1. The lowest BCUT2D eigenvalue weighted by Gasteiger charge is -2.14. The summed E-state index contributed by atoms with van der Waals surface area (Å²) >= 11 is 1.41. The Hall–Kier alpha value is -3.32. The van der Waals surface area contributed by atoms with Gasteiger partial charge in [-0.05, 0) is 41.6 Å². The first-order chi connectivity index (χ1) is 16.5. The van der Waals surface area contributed by atoms with Crippen LogP contribution in [0.25, 0.3) is 11.1 Å². The number of benzene rings is 1. The van der Waals surface area contributed by atoms with E-state index >= 15 is 0 Å². The SMILES string of the molecule is CCSc1cc(-c2ccc(OC(F)(F)F)cc2)cnc1C(=Nc1ccc(C(F)(F)F)cn1)NOC. The molecular weight excluding hydrogens is 498 g/mol. The van der Waals surface area contributed by atoms with E-state index in [2.05, 4.69) is 25.2 Å². The van der Waals surface area contributed by atoms with Gasteiger partial charge in [0, 0.05) is 22.9 Å². The van der Waals surface area contributed by atoms with Gasteiger partial charge < -0.3 is 4.74 Å². The van der Waals surface area contributed by atoms with Crippen LogP contribution >= 0.6 is 11.8 Å². The summed E-state index contributed by atoms with van der Waals surface area (Å²) in [5.74, 6) is 0.402. The molecule has 1 N–H and O–H groups in total. The van der Waals surface area contributed by atoms with Gasteiger partial charge in [-0.25, -0.2) is 15.5 Å². The molecule has 0 bridgehead atoms. The van der Waals surface area contributed by atoms with Gasteiger partial charge in [0.25, 0.3) is 0 Å². The van der Waals surface area contributed by atoms with Gasteiger partial charge in [-0.2, -0.15) is 13.2 Å². The molecule has 6 nitrogen and oxygen atoms in total. The van der Waals surface area contributed by atoms with Crippen LogP contribution in [0, 0.1) is 0 Å². The van der Waals surface area contributed by atoms with Crippen molar-refractivity contribution >= 4 is 23.4 Å². The van der Waals surface area contributed by atoms with Gasteiger partial charge in [-0.3, -0.25) is 9.82 Å². The van der Waals surface area contributed by atoms with E-state index in [1.807, 2.05) is 6.92 Å². The van der Waals surface area contributed by atoms with Crippen LogP contribution < -0.4 is 10.2 Å². The third-order valence-corrected chi connectivity index (χ3v) is 5.21. The molecule has 0 fully saturated rings.